The Bertz CT molecular complexity index is 930. The number of nitrogens with zero attached hydrogens (tertiary/aromatic N) is 5. The molecule has 2 N–H and O–H groups in total. The Labute approximate surface area is 157 Å². The van der Waals surface area contributed by atoms with Crippen molar-refractivity contribution in [3.63, 3.8) is 0 Å². The molecule has 138 valence electrons. The minimum atomic E-state index is -0.702. The van der Waals surface area contributed by atoms with Gasteiger partial charge in [0.2, 0.25) is 0 Å². The molecule has 8 heteroatoms. The fraction of sp³-hybridized carbons (Fsp3) is 0.316. The summed E-state index contributed by atoms with van der Waals surface area (Å²) in [6.07, 6.45) is 7.37. The molecule has 8 nitrogen and oxygen atoms in total. The third-order valence-electron chi connectivity index (χ3n) is 4.45. The van der Waals surface area contributed by atoms with Crippen molar-refractivity contribution in [3.05, 3.63) is 60.4 Å². The molecule has 1 aliphatic rings. The molecule has 0 aliphatic heterocycles. The number of urea groups is 1. The van der Waals surface area contributed by atoms with E-state index in [1.165, 1.54) is 0 Å². The summed E-state index contributed by atoms with van der Waals surface area (Å²) < 4.78 is 1.68. The molecular weight excluding hydrogens is 342 g/mol. The van der Waals surface area contributed by atoms with Gasteiger partial charge in [0.25, 0.3) is 0 Å². The van der Waals surface area contributed by atoms with Crippen molar-refractivity contribution < 1.29 is 4.79 Å². The van der Waals surface area contributed by atoms with Crippen LogP contribution in [-0.4, -0.2) is 31.0 Å². The van der Waals surface area contributed by atoms with Gasteiger partial charge in [0.1, 0.15) is 11.5 Å². The lowest BCUT2D eigenvalue weighted by atomic mass is 10.0. The third-order valence-corrected chi connectivity index (χ3v) is 4.45. The summed E-state index contributed by atoms with van der Waals surface area (Å²) in [6.45, 7) is 3.75. The molecule has 1 aromatic carbocycles. The number of amides is 2. The topological polar surface area (TPSA) is 97.6 Å². The number of carbonyl (C=O) groups is 1. The summed E-state index contributed by atoms with van der Waals surface area (Å²) in [4.78, 5) is 21.0. The van der Waals surface area contributed by atoms with Gasteiger partial charge in [-0.1, -0.05) is 23.4 Å². The number of nitrogens with one attached hydrogen (secondary N) is 2. The molecule has 0 saturated heterocycles. The van der Waals surface area contributed by atoms with Crippen molar-refractivity contribution in [2.45, 2.75) is 38.1 Å². The summed E-state index contributed by atoms with van der Waals surface area (Å²) in [7, 11) is 0. The van der Waals surface area contributed by atoms with Crippen molar-refractivity contribution in [2.24, 2.45) is 0 Å². The van der Waals surface area contributed by atoms with Gasteiger partial charge >= 0.3 is 6.03 Å². The minimum Gasteiger partial charge on any atom is -0.327 e. The summed E-state index contributed by atoms with van der Waals surface area (Å²) in [5.74, 6) is 1.33. The van der Waals surface area contributed by atoms with Crippen LogP contribution in [0.1, 0.15) is 44.1 Å². The fourth-order valence-electron chi connectivity index (χ4n) is 2.72. The van der Waals surface area contributed by atoms with Crippen LogP contribution in [0.15, 0.2) is 48.9 Å². The van der Waals surface area contributed by atoms with Crippen molar-refractivity contribution >= 4 is 11.7 Å². The van der Waals surface area contributed by atoms with Crippen molar-refractivity contribution in [1.82, 2.24) is 30.3 Å². The van der Waals surface area contributed by atoms with Crippen LogP contribution in [0.5, 0.6) is 0 Å². The highest BCUT2D eigenvalue weighted by Crippen LogP contribution is 2.37. The van der Waals surface area contributed by atoms with Crippen LogP contribution in [0.2, 0.25) is 0 Å². The van der Waals surface area contributed by atoms with Crippen LogP contribution in [-0.2, 0) is 5.54 Å². The molecule has 1 saturated carbocycles. The number of para-hydroxylation sites is 1. The summed E-state index contributed by atoms with van der Waals surface area (Å²) in [5, 5.41) is 14.0. The second-order valence-corrected chi connectivity index (χ2v) is 7.19. The number of hydrogen-bond acceptors (Lipinski definition) is 5. The fourth-order valence-corrected chi connectivity index (χ4v) is 2.72. The van der Waals surface area contributed by atoms with Crippen LogP contribution in [0.4, 0.5) is 10.5 Å². The molecule has 27 heavy (non-hydrogen) atoms. The van der Waals surface area contributed by atoms with E-state index in [1.54, 1.807) is 17.1 Å². The first-order valence-electron chi connectivity index (χ1n) is 8.91. The highest BCUT2D eigenvalue weighted by Gasteiger charge is 2.28. The monoisotopic (exact) mass is 363 g/mol. The van der Waals surface area contributed by atoms with E-state index >= 15 is 0 Å². The van der Waals surface area contributed by atoms with E-state index < -0.39 is 5.54 Å². The average molecular weight is 363 g/mol. The van der Waals surface area contributed by atoms with Crippen molar-refractivity contribution in [3.8, 4) is 5.69 Å². The van der Waals surface area contributed by atoms with Gasteiger partial charge in [-0.05, 0) is 38.8 Å². The molecule has 2 aromatic heterocycles. The van der Waals surface area contributed by atoms with Gasteiger partial charge < -0.3 is 10.6 Å². The number of anilines is 1. The zero-order valence-corrected chi connectivity index (χ0v) is 15.3. The number of carbonyl (C=O) groups excluding carboxylic acids is 1. The molecular formula is C19H21N7O. The normalized spacial score (nSPS) is 14.0. The first-order valence-corrected chi connectivity index (χ1v) is 8.91. The maximum absolute atomic E-state index is 12.4. The van der Waals surface area contributed by atoms with Crippen LogP contribution in [0.25, 0.3) is 5.69 Å². The lowest BCUT2D eigenvalue weighted by Crippen LogP contribution is -2.43. The third kappa shape index (κ3) is 3.94. The van der Waals surface area contributed by atoms with Crippen LogP contribution in [0.3, 0.4) is 0 Å². The Hall–Kier alpha value is -3.29. The molecule has 2 heterocycles. The average Bonchev–Trinajstić information content (AvgIpc) is 3.38. The second-order valence-electron chi connectivity index (χ2n) is 7.19. The molecule has 0 spiro atoms. The highest BCUT2D eigenvalue weighted by atomic mass is 16.2. The second kappa shape index (κ2) is 6.79. The van der Waals surface area contributed by atoms with Gasteiger partial charge in [-0.3, -0.25) is 0 Å². The zero-order valence-electron chi connectivity index (χ0n) is 15.3. The zero-order chi connectivity index (χ0) is 18.9. The standard InChI is InChI=1S/C19H21N7O/c1-19(2,16-12-26(25-24-16)15-6-4-3-5-7-15)23-18(27)22-14-10-20-17(21-11-14)13-8-9-13/h3-7,10-13H,8-9H2,1-2H3,(H2,22,23,27). The first-order chi connectivity index (χ1) is 13.0. The quantitative estimate of drug-likeness (QED) is 0.726. The van der Waals surface area contributed by atoms with E-state index in [4.69, 9.17) is 0 Å². The van der Waals surface area contributed by atoms with Crippen LogP contribution >= 0.6 is 0 Å². The maximum atomic E-state index is 12.4. The summed E-state index contributed by atoms with van der Waals surface area (Å²) in [6, 6.07) is 9.34. The minimum absolute atomic E-state index is 0.350. The van der Waals surface area contributed by atoms with Gasteiger partial charge in [-0.25, -0.2) is 19.4 Å². The first kappa shape index (κ1) is 17.1. The number of aromatic nitrogens is 5. The van der Waals surface area contributed by atoms with Crippen molar-refractivity contribution in [1.29, 1.82) is 0 Å². The van der Waals surface area contributed by atoms with E-state index in [9.17, 15) is 4.79 Å². The molecule has 0 unspecified atom stereocenters. The Morgan fingerprint density at radius 1 is 1.15 bits per heavy atom. The molecule has 2 amide bonds. The van der Waals surface area contributed by atoms with Gasteiger partial charge in [-0.15, -0.1) is 5.10 Å². The Balaban J connectivity index is 1.41. The molecule has 4 rings (SSSR count). The molecule has 0 atom stereocenters. The van der Waals surface area contributed by atoms with E-state index in [-0.39, 0.29) is 6.03 Å². The molecule has 1 fully saturated rings. The Kier molecular flexibility index (Phi) is 4.31. The van der Waals surface area contributed by atoms with Crippen LogP contribution < -0.4 is 10.6 Å². The largest absolute Gasteiger partial charge is 0.327 e. The van der Waals surface area contributed by atoms with Crippen molar-refractivity contribution in [2.75, 3.05) is 5.32 Å². The molecule has 0 bridgehead atoms. The smallest absolute Gasteiger partial charge is 0.320 e. The SMILES string of the molecule is CC(C)(NC(=O)Nc1cnc(C2CC2)nc1)c1cn(-c2ccccc2)nn1. The Morgan fingerprint density at radius 3 is 2.52 bits per heavy atom. The van der Waals surface area contributed by atoms with Gasteiger partial charge in [0, 0.05) is 5.92 Å². The van der Waals surface area contributed by atoms with E-state index in [2.05, 4.69) is 30.9 Å². The lowest BCUT2D eigenvalue weighted by Gasteiger charge is -2.23. The predicted molar refractivity (Wildman–Crippen MR) is 101 cm³/mol. The summed E-state index contributed by atoms with van der Waals surface area (Å²) in [5.41, 5.74) is 1.42. The van der Waals surface area contributed by atoms with Crippen LogP contribution in [0, 0.1) is 0 Å². The predicted octanol–water partition coefficient (Wildman–Crippen LogP) is 2.99. The number of rotatable bonds is 5. The highest BCUT2D eigenvalue weighted by molar-refractivity contribution is 5.89. The van der Waals surface area contributed by atoms with Gasteiger partial charge in [0.05, 0.1) is 35.5 Å². The van der Waals surface area contributed by atoms with Gasteiger partial charge in [0.15, 0.2) is 0 Å². The maximum Gasteiger partial charge on any atom is 0.320 e. The molecule has 3 aromatic rings. The number of hydrogen-bond donors (Lipinski definition) is 2. The molecule has 1 aliphatic carbocycles. The number of benzene rings is 1. The molecule has 0 radical (unpaired) electrons. The van der Waals surface area contributed by atoms with E-state index in [0.29, 0.717) is 17.3 Å². The van der Waals surface area contributed by atoms with E-state index in [1.807, 2.05) is 50.4 Å². The van der Waals surface area contributed by atoms with Gasteiger partial charge in [-0.2, -0.15) is 0 Å². The summed E-state index contributed by atoms with van der Waals surface area (Å²) >= 11 is 0. The van der Waals surface area contributed by atoms with E-state index in [0.717, 1.165) is 24.4 Å². The lowest BCUT2D eigenvalue weighted by molar-refractivity contribution is 0.241. The Morgan fingerprint density at radius 2 is 1.85 bits per heavy atom.